The number of hydrogen-bond donors (Lipinski definition) is 0. The second-order valence-corrected chi connectivity index (χ2v) is 36.3. The van der Waals surface area contributed by atoms with Crippen LogP contribution in [0.25, 0.3) is 0 Å². The minimum absolute atomic E-state index is 0.309. The first kappa shape index (κ1) is 66.5. The van der Waals surface area contributed by atoms with Gasteiger partial charge in [-0.1, -0.05) is 400 Å². The van der Waals surface area contributed by atoms with Crippen molar-refractivity contribution in [1.29, 1.82) is 0 Å². The molecule has 0 aromatic heterocycles. The van der Waals surface area contributed by atoms with E-state index in [9.17, 15) is 0 Å². The third-order valence-corrected chi connectivity index (χ3v) is 32.2. The second kappa shape index (κ2) is 35.8. The lowest BCUT2D eigenvalue weighted by atomic mass is 10.3. The van der Waals surface area contributed by atoms with Gasteiger partial charge in [-0.3, -0.25) is 0 Å². The Balaban J connectivity index is 0.000000140. The molecule has 0 saturated carbocycles. The van der Waals surface area contributed by atoms with E-state index in [1.807, 2.05) is 0 Å². The summed E-state index contributed by atoms with van der Waals surface area (Å²) in [5.41, 5.74) is 0. The molecule has 0 amide bonds. The van der Waals surface area contributed by atoms with Gasteiger partial charge in [0.15, 0.2) is 0 Å². The van der Waals surface area contributed by atoms with Gasteiger partial charge >= 0.3 is 0 Å². The number of rotatable bonds is 22. The molecule has 14 aromatic carbocycles. The molecule has 0 heterocycles. The highest BCUT2D eigenvalue weighted by Crippen LogP contribution is 2.49. The van der Waals surface area contributed by atoms with E-state index in [2.05, 4.69) is 413 Å². The van der Waals surface area contributed by atoms with Crippen molar-refractivity contribution in [1.82, 2.24) is 0 Å². The van der Waals surface area contributed by atoms with Crippen LogP contribution in [-0.2, 0) is 0 Å². The largest absolute Gasteiger partial charge is 0.456 e. The molecule has 0 aliphatic rings. The summed E-state index contributed by atoms with van der Waals surface area (Å²) in [6.07, 6.45) is 3.72. The first-order valence-corrected chi connectivity index (χ1v) is 41.2. The molecule has 0 fully saturated rings. The van der Waals surface area contributed by atoms with E-state index in [4.69, 9.17) is 4.74 Å². The van der Waals surface area contributed by atoms with Crippen molar-refractivity contribution in [2.75, 3.05) is 18.2 Å². The molecule has 0 bridgehead atoms. The van der Waals surface area contributed by atoms with E-state index in [1.54, 1.807) is 0 Å². The molecule has 0 aliphatic carbocycles. The van der Waals surface area contributed by atoms with Crippen LogP contribution in [0.1, 0.15) is 6.42 Å². The first-order chi connectivity index (χ1) is 47.2. The van der Waals surface area contributed by atoms with Crippen LogP contribution in [0.5, 0.6) is 11.5 Å². The summed E-state index contributed by atoms with van der Waals surface area (Å²) in [4.78, 5) is 0. The summed E-state index contributed by atoms with van der Waals surface area (Å²) in [6, 6.07) is 149. The summed E-state index contributed by atoms with van der Waals surface area (Å²) >= 11 is 0. The molecule has 14 rings (SSSR count). The summed E-state index contributed by atoms with van der Waals surface area (Å²) in [6.45, 7) is 0. The van der Waals surface area contributed by atoms with E-state index in [-0.39, 0.29) is 15.8 Å². The Hall–Kier alpha value is -8.54. The quantitative estimate of drug-likeness (QED) is 0.0615. The lowest BCUT2D eigenvalue weighted by Crippen LogP contribution is -2.23. The van der Waals surface area contributed by atoms with Crippen molar-refractivity contribution in [3.8, 4) is 11.5 Å². The average Bonchev–Trinajstić information content (AvgIpc) is 0.895. The standard InChI is InChI=1S/C36H28OP2.C27H26P2.C25H22P2/c1-5-17-29(18-6-1)38(30-19-7-2-8-20-30)35-27-15-13-25-33(35)37-34-26-14-16-28-36(34)39(31-21-9-3-10-22-31)32-23-11-4-12-24-32;1-5-14-24(15-6-1)28(25-16-7-2-8-17-25)22-13-23-29(26-18-9-3-10-19-26)27-20-11-4-12-21-27;1-5-13-22(14-6-1)26(23-15-7-2-8-16-23)21-27(24-17-9-3-10-18-24)25-19-11-4-12-20-25/h1-28H;1-12,14-21H,13,22-23H2;1-20H,21H2. The Morgan fingerprint density at radius 2 is 0.337 bits per heavy atom. The van der Waals surface area contributed by atoms with Gasteiger partial charge in [0.1, 0.15) is 11.5 Å². The predicted molar refractivity (Wildman–Crippen MR) is 426 cm³/mol. The Morgan fingerprint density at radius 1 is 0.168 bits per heavy atom. The van der Waals surface area contributed by atoms with E-state index in [0.717, 1.165) is 11.5 Å². The monoisotopic (exact) mass is 1330 g/mol. The maximum absolute atomic E-state index is 6.92. The number of para-hydroxylation sites is 2. The summed E-state index contributed by atoms with van der Waals surface area (Å²) in [5.74, 6) is 2.98. The van der Waals surface area contributed by atoms with Crippen molar-refractivity contribution in [2.24, 2.45) is 0 Å². The molecule has 0 N–H and O–H groups in total. The average molecular weight is 1340 g/mol. The highest BCUT2D eigenvalue weighted by molar-refractivity contribution is 7.88. The zero-order chi connectivity index (χ0) is 64.3. The topological polar surface area (TPSA) is 9.23 Å². The molecule has 464 valence electrons. The normalized spacial score (nSPS) is 11.1. The second-order valence-electron chi connectivity index (χ2n) is 22.4. The smallest absolute Gasteiger partial charge is 0.135 e. The summed E-state index contributed by atoms with van der Waals surface area (Å²) in [5, 5.41) is 19.4. The molecule has 0 aliphatic heterocycles. The third kappa shape index (κ3) is 18.5. The molecule has 7 heteroatoms. The molecule has 0 atom stereocenters. The lowest BCUT2D eigenvalue weighted by molar-refractivity contribution is 0.491. The van der Waals surface area contributed by atoms with Crippen molar-refractivity contribution < 1.29 is 4.74 Å². The van der Waals surface area contributed by atoms with Gasteiger partial charge in [-0.05, 0) is 142 Å². The Bertz CT molecular complexity index is 3910. The Labute approximate surface area is 571 Å². The van der Waals surface area contributed by atoms with Crippen LogP contribution in [0.2, 0.25) is 0 Å². The van der Waals surface area contributed by atoms with Gasteiger partial charge in [0.25, 0.3) is 0 Å². The summed E-state index contributed by atoms with van der Waals surface area (Å²) in [7, 11) is -3.03. The lowest BCUT2D eigenvalue weighted by Gasteiger charge is -2.26. The van der Waals surface area contributed by atoms with Crippen LogP contribution in [0, 0.1) is 0 Å². The van der Waals surface area contributed by atoms with Crippen molar-refractivity contribution in [3.05, 3.63) is 413 Å². The van der Waals surface area contributed by atoms with Crippen LogP contribution >= 0.6 is 47.5 Å². The van der Waals surface area contributed by atoms with E-state index >= 15 is 0 Å². The van der Waals surface area contributed by atoms with Crippen molar-refractivity contribution in [3.63, 3.8) is 0 Å². The maximum Gasteiger partial charge on any atom is 0.135 e. The Morgan fingerprint density at radius 3 is 0.547 bits per heavy atom. The fourth-order valence-electron chi connectivity index (χ4n) is 11.6. The van der Waals surface area contributed by atoms with E-state index in [1.165, 1.54) is 98.9 Å². The first-order valence-electron chi connectivity index (χ1n) is 32.4. The predicted octanol–water partition coefficient (Wildman–Crippen LogP) is 17.8. The SMILES string of the molecule is c1ccc(P(CCCP(c2ccccc2)c2ccccc2)c2ccccc2)cc1.c1ccc(P(CP(c2ccccc2)c2ccccc2)c2ccccc2)cc1.c1ccc(P(c2ccccc2)c2ccccc2Oc2ccccc2P(c2ccccc2)c2ccccc2)cc1. The highest BCUT2D eigenvalue weighted by Gasteiger charge is 2.26. The molecule has 0 unspecified atom stereocenters. The number of benzene rings is 14. The van der Waals surface area contributed by atoms with Gasteiger partial charge < -0.3 is 4.74 Å². The van der Waals surface area contributed by atoms with Crippen LogP contribution in [0.4, 0.5) is 0 Å². The van der Waals surface area contributed by atoms with Gasteiger partial charge in [-0.2, -0.15) is 0 Å². The van der Waals surface area contributed by atoms with Gasteiger partial charge in [0, 0.05) is 16.5 Å². The molecule has 95 heavy (non-hydrogen) atoms. The number of ether oxygens (including phenoxy) is 1. The van der Waals surface area contributed by atoms with Gasteiger partial charge in [-0.25, -0.2) is 0 Å². The molecular formula is C88H76OP6. The van der Waals surface area contributed by atoms with E-state index in [0.29, 0.717) is 0 Å². The molecule has 0 saturated heterocycles. The molecule has 0 spiro atoms. The fourth-order valence-corrected chi connectivity index (χ4v) is 27.7. The van der Waals surface area contributed by atoms with Crippen LogP contribution in [-0.4, -0.2) is 18.2 Å². The van der Waals surface area contributed by atoms with E-state index < -0.39 is 31.7 Å². The van der Waals surface area contributed by atoms with Crippen LogP contribution < -0.4 is 79.0 Å². The molecular weight excluding hydrogens is 1260 g/mol. The van der Waals surface area contributed by atoms with Crippen LogP contribution in [0.3, 0.4) is 0 Å². The molecule has 14 aromatic rings. The minimum atomic E-state index is -0.795. The third-order valence-electron chi connectivity index (χ3n) is 16.1. The van der Waals surface area contributed by atoms with Gasteiger partial charge in [0.05, 0.1) is 0 Å². The van der Waals surface area contributed by atoms with Crippen molar-refractivity contribution >= 4 is 122 Å². The summed E-state index contributed by atoms with van der Waals surface area (Å²) < 4.78 is 6.92. The highest BCUT2D eigenvalue weighted by atomic mass is 31.2. The minimum Gasteiger partial charge on any atom is -0.456 e. The maximum atomic E-state index is 6.92. The fraction of sp³-hybridized carbons (Fsp3) is 0.0455. The Kier molecular flexibility index (Phi) is 25.1. The number of hydrogen-bond acceptors (Lipinski definition) is 1. The van der Waals surface area contributed by atoms with Crippen molar-refractivity contribution in [2.45, 2.75) is 6.42 Å². The molecule has 0 radical (unpaired) electrons. The van der Waals surface area contributed by atoms with Gasteiger partial charge in [0.2, 0.25) is 0 Å². The van der Waals surface area contributed by atoms with Gasteiger partial charge in [-0.15, -0.1) is 0 Å². The molecule has 1 nitrogen and oxygen atoms in total. The zero-order valence-electron chi connectivity index (χ0n) is 53.2. The zero-order valence-corrected chi connectivity index (χ0v) is 58.5. The van der Waals surface area contributed by atoms with Crippen LogP contribution in [0.15, 0.2) is 413 Å².